The van der Waals surface area contributed by atoms with Crippen molar-refractivity contribution in [2.45, 2.75) is 0 Å². The van der Waals surface area contributed by atoms with Crippen LogP contribution < -0.4 is 20.5 Å². The second-order valence-corrected chi connectivity index (χ2v) is 5.37. The Morgan fingerprint density at radius 3 is 2.35 bits per heavy atom. The summed E-state index contributed by atoms with van der Waals surface area (Å²) in [6, 6.07) is 9.05. The second kappa shape index (κ2) is 6.24. The van der Waals surface area contributed by atoms with Crippen molar-refractivity contribution >= 4 is 44.6 Å². The highest BCUT2D eigenvalue weighted by Gasteiger charge is 2.11. The van der Waals surface area contributed by atoms with E-state index in [4.69, 9.17) is 26.8 Å². The van der Waals surface area contributed by atoms with Crippen molar-refractivity contribution in [2.24, 2.45) is 0 Å². The minimum atomic E-state index is 0.492. The molecule has 0 aliphatic heterocycles. The van der Waals surface area contributed by atoms with Gasteiger partial charge in [0.25, 0.3) is 0 Å². The van der Waals surface area contributed by atoms with Crippen molar-refractivity contribution in [3.63, 3.8) is 0 Å². The fraction of sp³-hybridized carbons (Fsp3) is 0.143. The largest absolute Gasteiger partial charge is 0.495 e. The lowest BCUT2D eigenvalue weighted by molar-refractivity contribution is 0.396. The third-order valence-electron chi connectivity index (χ3n) is 2.76. The lowest BCUT2D eigenvalue weighted by Crippen LogP contribution is -1.99. The summed E-state index contributed by atoms with van der Waals surface area (Å²) in [7, 11) is 3.14. The predicted molar refractivity (Wildman–Crippen MR) is 86.4 cm³/mol. The summed E-state index contributed by atoms with van der Waals surface area (Å²) in [5.41, 5.74) is 8.07. The molecule has 0 aromatic heterocycles. The van der Waals surface area contributed by atoms with Gasteiger partial charge in [0.05, 0.1) is 36.3 Å². The van der Waals surface area contributed by atoms with E-state index in [2.05, 4.69) is 21.2 Å². The molecule has 0 radical (unpaired) electrons. The van der Waals surface area contributed by atoms with E-state index in [1.54, 1.807) is 26.4 Å². The second-order valence-electron chi connectivity index (χ2n) is 4.04. The number of anilines is 3. The summed E-state index contributed by atoms with van der Waals surface area (Å²) < 4.78 is 11.4. The molecule has 0 aliphatic rings. The van der Waals surface area contributed by atoms with E-state index in [-0.39, 0.29) is 0 Å². The highest BCUT2D eigenvalue weighted by atomic mass is 79.9. The Morgan fingerprint density at radius 2 is 1.75 bits per heavy atom. The fourth-order valence-corrected chi connectivity index (χ4v) is 2.37. The predicted octanol–water partition coefficient (Wildman–Crippen LogP) is 4.45. The number of nitrogens with two attached hydrogens (primary N) is 1. The zero-order chi connectivity index (χ0) is 14.7. The number of nitrogen functional groups attached to an aromatic ring is 1. The Morgan fingerprint density at radius 1 is 1.05 bits per heavy atom. The maximum absolute atomic E-state index is 6.13. The molecule has 0 saturated carbocycles. The van der Waals surface area contributed by atoms with E-state index in [1.165, 1.54) is 0 Å². The van der Waals surface area contributed by atoms with Gasteiger partial charge in [-0.2, -0.15) is 0 Å². The van der Waals surface area contributed by atoms with Gasteiger partial charge in [-0.15, -0.1) is 0 Å². The fourth-order valence-electron chi connectivity index (χ4n) is 1.75. The number of nitrogens with one attached hydrogen (secondary N) is 1. The molecule has 106 valence electrons. The lowest BCUT2D eigenvalue weighted by Gasteiger charge is -2.15. The molecule has 6 heteroatoms. The van der Waals surface area contributed by atoms with E-state index in [0.29, 0.717) is 27.9 Å². The summed E-state index contributed by atoms with van der Waals surface area (Å²) in [6.07, 6.45) is 0. The molecule has 0 fully saturated rings. The zero-order valence-corrected chi connectivity index (χ0v) is 13.4. The highest BCUT2D eigenvalue weighted by molar-refractivity contribution is 9.10. The van der Waals surface area contributed by atoms with E-state index < -0.39 is 0 Å². The van der Waals surface area contributed by atoms with Gasteiger partial charge in [-0.05, 0) is 24.3 Å². The van der Waals surface area contributed by atoms with Crippen molar-refractivity contribution < 1.29 is 9.47 Å². The number of hydrogen-bond acceptors (Lipinski definition) is 4. The van der Waals surface area contributed by atoms with Crippen LogP contribution in [-0.2, 0) is 0 Å². The average molecular weight is 358 g/mol. The minimum Gasteiger partial charge on any atom is -0.495 e. The minimum absolute atomic E-state index is 0.492. The van der Waals surface area contributed by atoms with E-state index in [1.807, 2.05) is 18.2 Å². The van der Waals surface area contributed by atoms with Gasteiger partial charge >= 0.3 is 0 Å². The lowest BCUT2D eigenvalue weighted by atomic mass is 10.2. The summed E-state index contributed by atoms with van der Waals surface area (Å²) in [6.45, 7) is 0. The average Bonchev–Trinajstić information content (AvgIpc) is 2.42. The Bertz CT molecular complexity index is 635. The maximum Gasteiger partial charge on any atom is 0.146 e. The van der Waals surface area contributed by atoms with Crippen LogP contribution in [0, 0.1) is 0 Å². The van der Waals surface area contributed by atoms with Gasteiger partial charge in [-0.25, -0.2) is 0 Å². The molecule has 0 amide bonds. The first-order chi connectivity index (χ1) is 9.55. The molecule has 0 unspecified atom stereocenters. The smallest absolute Gasteiger partial charge is 0.146 e. The Hall–Kier alpha value is -1.59. The third-order valence-corrected chi connectivity index (χ3v) is 3.55. The monoisotopic (exact) mass is 356 g/mol. The molecule has 0 bridgehead atoms. The van der Waals surface area contributed by atoms with Crippen LogP contribution in [0.4, 0.5) is 17.1 Å². The Kier molecular flexibility index (Phi) is 4.62. The Labute approximate surface area is 131 Å². The molecule has 4 nitrogen and oxygen atoms in total. The summed E-state index contributed by atoms with van der Waals surface area (Å²) in [4.78, 5) is 0. The van der Waals surface area contributed by atoms with Crippen LogP contribution in [0.1, 0.15) is 0 Å². The number of benzene rings is 2. The molecule has 2 aromatic carbocycles. The summed E-state index contributed by atoms with van der Waals surface area (Å²) in [5.74, 6) is 1.17. The number of methoxy groups -OCH3 is 2. The molecule has 0 aliphatic carbocycles. The third kappa shape index (κ3) is 3.11. The molecular formula is C14H14BrClN2O2. The first-order valence-corrected chi connectivity index (χ1v) is 6.96. The maximum atomic E-state index is 6.13. The normalized spacial score (nSPS) is 10.2. The quantitative estimate of drug-likeness (QED) is 0.794. The number of hydrogen-bond donors (Lipinski definition) is 2. The van der Waals surface area contributed by atoms with Crippen molar-refractivity contribution in [2.75, 3.05) is 25.3 Å². The van der Waals surface area contributed by atoms with E-state index >= 15 is 0 Å². The van der Waals surface area contributed by atoms with Crippen molar-refractivity contribution in [3.8, 4) is 11.5 Å². The van der Waals surface area contributed by atoms with Gasteiger partial charge in [-0.1, -0.05) is 27.5 Å². The zero-order valence-electron chi connectivity index (χ0n) is 11.0. The van der Waals surface area contributed by atoms with E-state index in [0.717, 1.165) is 10.2 Å². The van der Waals surface area contributed by atoms with Crippen LogP contribution in [0.15, 0.2) is 34.8 Å². The molecule has 2 aromatic rings. The summed E-state index contributed by atoms with van der Waals surface area (Å²) in [5, 5.41) is 3.69. The van der Waals surface area contributed by atoms with Crippen LogP contribution in [0.2, 0.25) is 5.02 Å². The van der Waals surface area contributed by atoms with Gasteiger partial charge in [0.2, 0.25) is 0 Å². The standard InChI is InChI=1S/C14H14BrClN2O2/c1-19-13-7-14(20-2)12(6-9(13)16)18-11-4-3-8(15)5-10(11)17/h3-7,18H,17H2,1-2H3. The van der Waals surface area contributed by atoms with Gasteiger partial charge in [0.15, 0.2) is 0 Å². The van der Waals surface area contributed by atoms with Crippen LogP contribution in [0.5, 0.6) is 11.5 Å². The van der Waals surface area contributed by atoms with Gasteiger partial charge in [-0.3, -0.25) is 0 Å². The molecule has 0 atom stereocenters. The number of rotatable bonds is 4. The SMILES string of the molecule is COc1cc(OC)c(Nc2ccc(Br)cc2N)cc1Cl. The Balaban J connectivity index is 2.40. The molecular weight excluding hydrogens is 344 g/mol. The summed E-state index contributed by atoms with van der Waals surface area (Å²) >= 11 is 9.50. The topological polar surface area (TPSA) is 56.5 Å². The number of ether oxygens (including phenoxy) is 2. The molecule has 20 heavy (non-hydrogen) atoms. The van der Waals surface area contributed by atoms with Crippen LogP contribution >= 0.6 is 27.5 Å². The van der Waals surface area contributed by atoms with Crippen molar-refractivity contribution in [1.82, 2.24) is 0 Å². The van der Waals surface area contributed by atoms with Gasteiger partial charge < -0.3 is 20.5 Å². The number of halogens is 2. The molecule has 0 heterocycles. The van der Waals surface area contributed by atoms with E-state index in [9.17, 15) is 0 Å². The van der Waals surface area contributed by atoms with Gasteiger partial charge in [0.1, 0.15) is 11.5 Å². The molecule has 2 rings (SSSR count). The highest BCUT2D eigenvalue weighted by Crippen LogP contribution is 2.38. The first-order valence-electron chi connectivity index (χ1n) is 5.78. The molecule has 0 saturated heterocycles. The van der Waals surface area contributed by atoms with Gasteiger partial charge in [0, 0.05) is 10.5 Å². The molecule has 0 spiro atoms. The van der Waals surface area contributed by atoms with Crippen molar-refractivity contribution in [3.05, 3.63) is 39.8 Å². The van der Waals surface area contributed by atoms with Crippen LogP contribution in [0.25, 0.3) is 0 Å². The van der Waals surface area contributed by atoms with Crippen molar-refractivity contribution in [1.29, 1.82) is 0 Å². The van der Waals surface area contributed by atoms with Crippen LogP contribution in [0.3, 0.4) is 0 Å². The first kappa shape index (κ1) is 14.8. The molecule has 3 N–H and O–H groups in total. The van der Waals surface area contributed by atoms with Crippen LogP contribution in [-0.4, -0.2) is 14.2 Å².